The smallest absolute Gasteiger partial charge is 0.414 e. The summed E-state index contributed by atoms with van der Waals surface area (Å²) in [5.74, 6) is 0.762. The van der Waals surface area contributed by atoms with Crippen molar-refractivity contribution in [3.05, 3.63) is 59.9 Å². The van der Waals surface area contributed by atoms with Gasteiger partial charge in [-0.2, -0.15) is 5.10 Å². The molecule has 33 heavy (non-hydrogen) atoms. The van der Waals surface area contributed by atoms with Crippen molar-refractivity contribution >= 4 is 17.7 Å². The van der Waals surface area contributed by atoms with E-state index in [-0.39, 0.29) is 6.04 Å². The first-order valence-corrected chi connectivity index (χ1v) is 11.1. The highest BCUT2D eigenvalue weighted by molar-refractivity contribution is 5.93. The molecule has 0 saturated heterocycles. The molecule has 3 aromatic rings. The number of hydrogen-bond donors (Lipinski definition) is 1. The zero-order valence-electron chi connectivity index (χ0n) is 18.7. The third-order valence-corrected chi connectivity index (χ3v) is 6.31. The Balaban J connectivity index is 1.61. The Morgan fingerprint density at radius 3 is 2.52 bits per heavy atom. The van der Waals surface area contributed by atoms with Gasteiger partial charge in [0, 0.05) is 34.5 Å². The Morgan fingerprint density at radius 2 is 1.85 bits per heavy atom. The van der Waals surface area contributed by atoms with Crippen LogP contribution in [-0.2, 0) is 11.2 Å². The Hall–Kier alpha value is -3.81. The Morgan fingerprint density at radius 1 is 1.09 bits per heavy atom. The number of methoxy groups -OCH3 is 1. The first kappa shape index (κ1) is 21.1. The van der Waals surface area contributed by atoms with Gasteiger partial charge in [-0.3, -0.25) is 14.4 Å². The van der Waals surface area contributed by atoms with E-state index >= 15 is 0 Å². The number of primary amides is 1. The van der Waals surface area contributed by atoms with Gasteiger partial charge in [0.1, 0.15) is 11.5 Å². The lowest BCUT2D eigenvalue weighted by Crippen LogP contribution is -2.42. The maximum Gasteiger partial charge on any atom is 0.414 e. The lowest BCUT2D eigenvalue weighted by Gasteiger charge is -2.35. The minimum Gasteiger partial charge on any atom is -0.456 e. The van der Waals surface area contributed by atoms with Crippen LogP contribution in [0.25, 0.3) is 11.1 Å². The predicted octanol–water partition coefficient (Wildman–Crippen LogP) is 4.68. The quantitative estimate of drug-likeness (QED) is 0.613. The van der Waals surface area contributed by atoms with Crippen molar-refractivity contribution < 1.29 is 19.1 Å². The molecule has 0 radical (unpaired) electrons. The molecule has 2 aromatic carbocycles. The summed E-state index contributed by atoms with van der Waals surface area (Å²) in [5, 5.41) is 4.54. The van der Waals surface area contributed by atoms with Gasteiger partial charge in [-0.25, -0.2) is 4.79 Å². The molecule has 2 aliphatic rings. The van der Waals surface area contributed by atoms with Crippen LogP contribution in [-0.4, -0.2) is 34.9 Å². The van der Waals surface area contributed by atoms with E-state index < -0.39 is 12.0 Å². The third-order valence-electron chi connectivity index (χ3n) is 6.31. The summed E-state index contributed by atoms with van der Waals surface area (Å²) < 4.78 is 13.5. The number of amides is 2. The van der Waals surface area contributed by atoms with Crippen molar-refractivity contribution in [2.24, 2.45) is 5.73 Å². The number of carbonyl (C=O) groups excluding carboxylic acids is 2. The minimum atomic E-state index is -0.491. The lowest BCUT2D eigenvalue weighted by molar-refractivity contribution is 0.1000. The van der Waals surface area contributed by atoms with Crippen molar-refractivity contribution in [3.8, 4) is 22.6 Å². The van der Waals surface area contributed by atoms with Crippen LogP contribution in [0.3, 0.4) is 0 Å². The first-order chi connectivity index (χ1) is 16.0. The average molecular weight is 447 g/mol. The standard InChI is InChI=1S/C25H26N4O4/c1-15-3-10-21-22(29(15)25(31)32-2)12-11-20(17-13-27-28(14-17)18-6-7-18)23(21)33-19-8-4-16(5-9-19)24(26)30/h4-5,8-9,11-15,18H,3,6-7,10H2,1-2H3,(H2,26,30)/t15-/m0/s1. The predicted molar refractivity (Wildman–Crippen MR) is 124 cm³/mol. The van der Waals surface area contributed by atoms with Gasteiger partial charge < -0.3 is 15.2 Å². The Bertz CT molecular complexity index is 1210. The molecular weight excluding hydrogens is 420 g/mol. The second-order valence-corrected chi connectivity index (χ2v) is 8.60. The van der Waals surface area contributed by atoms with E-state index in [1.165, 1.54) is 7.11 Å². The van der Waals surface area contributed by atoms with Crippen LogP contribution in [0.4, 0.5) is 10.5 Å². The normalized spacial score (nSPS) is 17.4. The van der Waals surface area contributed by atoms with Crippen molar-refractivity contribution in [2.75, 3.05) is 12.0 Å². The van der Waals surface area contributed by atoms with Crippen LogP contribution >= 0.6 is 0 Å². The van der Waals surface area contributed by atoms with Crippen LogP contribution in [0.1, 0.15) is 48.1 Å². The fraction of sp³-hybridized carbons (Fsp3) is 0.320. The number of hydrogen-bond acceptors (Lipinski definition) is 5. The zero-order valence-corrected chi connectivity index (χ0v) is 18.7. The molecule has 1 saturated carbocycles. The molecule has 0 unspecified atom stereocenters. The van der Waals surface area contributed by atoms with Gasteiger partial charge in [0.2, 0.25) is 5.91 Å². The van der Waals surface area contributed by atoms with Crippen molar-refractivity contribution in [3.63, 3.8) is 0 Å². The molecule has 1 atom stereocenters. The Kier molecular flexibility index (Phi) is 5.28. The van der Waals surface area contributed by atoms with Gasteiger partial charge in [-0.05, 0) is 69.0 Å². The molecule has 0 spiro atoms. The molecule has 0 bridgehead atoms. The monoisotopic (exact) mass is 446 g/mol. The molecule has 1 aliphatic heterocycles. The number of anilines is 1. The number of ether oxygens (including phenoxy) is 2. The van der Waals surface area contributed by atoms with E-state index in [1.54, 1.807) is 29.2 Å². The molecule has 1 fully saturated rings. The van der Waals surface area contributed by atoms with E-state index in [2.05, 4.69) is 5.10 Å². The van der Waals surface area contributed by atoms with Crippen molar-refractivity contribution in [2.45, 2.75) is 44.7 Å². The number of fused-ring (bicyclic) bond motifs is 1. The lowest BCUT2D eigenvalue weighted by atomic mass is 9.92. The highest BCUT2D eigenvalue weighted by atomic mass is 16.5. The Labute approximate surface area is 191 Å². The molecule has 5 rings (SSSR count). The number of rotatable bonds is 5. The number of aromatic nitrogens is 2. The van der Waals surface area contributed by atoms with Gasteiger partial charge in [-0.15, -0.1) is 0 Å². The number of carbonyl (C=O) groups is 2. The van der Waals surface area contributed by atoms with Crippen molar-refractivity contribution in [1.82, 2.24) is 9.78 Å². The summed E-state index contributed by atoms with van der Waals surface area (Å²) in [7, 11) is 1.39. The number of nitrogens with two attached hydrogens (primary N) is 1. The first-order valence-electron chi connectivity index (χ1n) is 11.1. The number of benzene rings is 2. The second kappa shape index (κ2) is 8.27. The largest absolute Gasteiger partial charge is 0.456 e. The average Bonchev–Trinajstić information content (AvgIpc) is 3.56. The van der Waals surface area contributed by atoms with Crippen LogP contribution in [0.5, 0.6) is 11.5 Å². The third kappa shape index (κ3) is 3.92. The molecule has 2 amide bonds. The van der Waals surface area contributed by atoms with Gasteiger partial charge in [0.15, 0.2) is 0 Å². The highest BCUT2D eigenvalue weighted by Gasteiger charge is 2.33. The molecule has 1 aliphatic carbocycles. The number of nitrogens with zero attached hydrogens (tertiary/aromatic N) is 3. The maximum absolute atomic E-state index is 12.6. The highest BCUT2D eigenvalue weighted by Crippen LogP contribution is 2.45. The minimum absolute atomic E-state index is 0.0103. The molecule has 2 heterocycles. The molecular formula is C25H26N4O4. The van der Waals surface area contributed by atoms with E-state index in [0.717, 1.165) is 48.1 Å². The maximum atomic E-state index is 12.6. The van der Waals surface area contributed by atoms with E-state index in [0.29, 0.717) is 23.1 Å². The van der Waals surface area contributed by atoms with Gasteiger partial charge in [0.05, 0.1) is 25.0 Å². The SMILES string of the molecule is COC(=O)N1c2ccc(-c3cnn(C4CC4)c3)c(Oc3ccc(C(N)=O)cc3)c2CC[C@@H]1C. The van der Waals surface area contributed by atoms with E-state index in [9.17, 15) is 9.59 Å². The fourth-order valence-electron chi connectivity index (χ4n) is 4.35. The topological polar surface area (TPSA) is 99.7 Å². The summed E-state index contributed by atoms with van der Waals surface area (Å²) in [6.45, 7) is 2.01. The second-order valence-electron chi connectivity index (χ2n) is 8.60. The van der Waals surface area contributed by atoms with E-state index in [4.69, 9.17) is 15.2 Å². The summed E-state index contributed by atoms with van der Waals surface area (Å²) in [5.41, 5.74) is 9.36. The summed E-state index contributed by atoms with van der Waals surface area (Å²) in [6, 6.07) is 11.1. The van der Waals surface area contributed by atoms with Gasteiger partial charge >= 0.3 is 6.09 Å². The van der Waals surface area contributed by atoms with Crippen LogP contribution < -0.4 is 15.4 Å². The molecule has 2 N–H and O–H groups in total. The summed E-state index contributed by atoms with van der Waals surface area (Å²) in [4.78, 5) is 25.7. The van der Waals surface area contributed by atoms with E-state index in [1.807, 2.05) is 36.1 Å². The summed E-state index contributed by atoms with van der Waals surface area (Å²) >= 11 is 0. The van der Waals surface area contributed by atoms with Crippen LogP contribution in [0.15, 0.2) is 48.8 Å². The molecule has 170 valence electrons. The van der Waals surface area contributed by atoms with Crippen LogP contribution in [0, 0.1) is 0 Å². The van der Waals surface area contributed by atoms with Gasteiger partial charge in [-0.1, -0.05) is 0 Å². The summed E-state index contributed by atoms with van der Waals surface area (Å²) in [6.07, 6.45) is 7.33. The fourth-order valence-corrected chi connectivity index (χ4v) is 4.35. The van der Waals surface area contributed by atoms with Crippen molar-refractivity contribution in [1.29, 1.82) is 0 Å². The molecule has 8 nitrogen and oxygen atoms in total. The molecule has 8 heteroatoms. The zero-order chi connectivity index (χ0) is 23.1. The van der Waals surface area contributed by atoms with Crippen LogP contribution in [0.2, 0.25) is 0 Å². The van der Waals surface area contributed by atoms with Gasteiger partial charge in [0.25, 0.3) is 0 Å². The molecule has 1 aromatic heterocycles.